The van der Waals surface area contributed by atoms with Gasteiger partial charge in [-0.05, 0) is 45.1 Å². The molecular formula is C24H37N7O. The maximum Gasteiger partial charge on any atom is 0.193 e. The predicted molar refractivity (Wildman–Crippen MR) is 127 cm³/mol. The fourth-order valence-corrected chi connectivity index (χ4v) is 4.82. The number of aromatic nitrogens is 3. The van der Waals surface area contributed by atoms with Crippen molar-refractivity contribution in [3.05, 3.63) is 48.0 Å². The second-order valence-electron chi connectivity index (χ2n) is 8.97. The van der Waals surface area contributed by atoms with E-state index in [0.717, 1.165) is 76.9 Å². The Kier molecular flexibility index (Phi) is 7.76. The van der Waals surface area contributed by atoms with Crippen LogP contribution in [0.2, 0.25) is 0 Å². The Bertz CT molecular complexity index is 825. The van der Waals surface area contributed by atoms with Gasteiger partial charge in [0.2, 0.25) is 0 Å². The molecule has 2 fully saturated rings. The lowest BCUT2D eigenvalue weighted by Gasteiger charge is -2.40. The summed E-state index contributed by atoms with van der Waals surface area (Å²) in [5.74, 6) is 2.47. The van der Waals surface area contributed by atoms with Gasteiger partial charge in [0.05, 0.1) is 6.54 Å². The highest BCUT2D eigenvalue weighted by atomic mass is 16.5. The Hall–Kier alpha value is -2.45. The average molecular weight is 440 g/mol. The molecule has 8 nitrogen and oxygen atoms in total. The highest BCUT2D eigenvalue weighted by Gasteiger charge is 2.34. The van der Waals surface area contributed by atoms with Gasteiger partial charge in [-0.25, -0.2) is 4.98 Å². The van der Waals surface area contributed by atoms with Gasteiger partial charge in [-0.2, -0.15) is 5.10 Å². The zero-order valence-electron chi connectivity index (χ0n) is 19.4. The van der Waals surface area contributed by atoms with Crippen LogP contribution in [0.5, 0.6) is 0 Å². The molecule has 1 aromatic heterocycles. The van der Waals surface area contributed by atoms with Gasteiger partial charge in [0, 0.05) is 50.3 Å². The third-order valence-corrected chi connectivity index (χ3v) is 6.75. The standard InChI is InChI=1S/C24H37N7O/c1-3-25-23(31-13-9-21(10-14-31)22-27-18-28-30-22)26-17-24(11-15-32-16-12-24)29-19(2)20-7-5-4-6-8-20/h4-8,18-19,21,29H,3,9-17H2,1-2H3,(H,25,26)(H,27,28,30). The first-order chi connectivity index (χ1) is 15.7. The number of aliphatic imine (C=N–C) groups is 1. The summed E-state index contributed by atoms with van der Waals surface area (Å²) >= 11 is 0. The smallest absolute Gasteiger partial charge is 0.193 e. The van der Waals surface area contributed by atoms with Crippen LogP contribution in [-0.4, -0.2) is 71.0 Å². The number of guanidine groups is 1. The lowest BCUT2D eigenvalue weighted by molar-refractivity contribution is 0.0373. The van der Waals surface area contributed by atoms with Crippen molar-refractivity contribution in [2.24, 2.45) is 4.99 Å². The summed E-state index contributed by atoms with van der Waals surface area (Å²) in [7, 11) is 0. The van der Waals surface area contributed by atoms with Crippen LogP contribution in [0.3, 0.4) is 0 Å². The minimum atomic E-state index is -0.0493. The Balaban J connectivity index is 1.43. The van der Waals surface area contributed by atoms with Gasteiger partial charge in [-0.15, -0.1) is 0 Å². The van der Waals surface area contributed by atoms with Crippen molar-refractivity contribution in [2.75, 3.05) is 39.4 Å². The highest BCUT2D eigenvalue weighted by Crippen LogP contribution is 2.27. The number of likely N-dealkylation sites (tertiary alicyclic amines) is 1. The quantitative estimate of drug-likeness (QED) is 0.454. The fourth-order valence-electron chi connectivity index (χ4n) is 4.82. The molecule has 0 radical (unpaired) electrons. The van der Waals surface area contributed by atoms with E-state index in [4.69, 9.17) is 9.73 Å². The normalized spacial score (nSPS) is 20.8. The van der Waals surface area contributed by atoms with Crippen LogP contribution < -0.4 is 10.6 Å². The van der Waals surface area contributed by atoms with E-state index in [2.05, 4.69) is 74.9 Å². The van der Waals surface area contributed by atoms with Gasteiger partial charge in [-0.3, -0.25) is 10.1 Å². The summed E-state index contributed by atoms with van der Waals surface area (Å²) in [6.45, 7) is 9.50. The first kappa shape index (κ1) is 22.7. The van der Waals surface area contributed by atoms with Crippen molar-refractivity contribution in [2.45, 2.75) is 57.0 Å². The third-order valence-electron chi connectivity index (χ3n) is 6.75. The fraction of sp³-hybridized carbons (Fsp3) is 0.625. The summed E-state index contributed by atoms with van der Waals surface area (Å²) in [6, 6.07) is 10.9. The molecule has 1 unspecified atom stereocenters. The SMILES string of the molecule is CCNC(=NCC1(NC(C)c2ccccc2)CCOCC1)N1CCC(c2ncn[nH]2)CC1. The number of benzene rings is 1. The zero-order valence-corrected chi connectivity index (χ0v) is 19.4. The van der Waals surface area contributed by atoms with Crippen molar-refractivity contribution in [1.29, 1.82) is 0 Å². The Morgan fingerprint density at radius 3 is 2.66 bits per heavy atom. The zero-order chi connectivity index (χ0) is 22.2. The second-order valence-corrected chi connectivity index (χ2v) is 8.97. The maximum atomic E-state index is 5.70. The molecule has 3 N–H and O–H groups in total. The molecule has 0 bridgehead atoms. The lowest BCUT2D eigenvalue weighted by atomic mass is 9.88. The molecule has 1 atom stereocenters. The molecule has 2 aliphatic heterocycles. The number of nitrogens with one attached hydrogen (secondary N) is 3. The molecule has 174 valence electrons. The first-order valence-corrected chi connectivity index (χ1v) is 12.0. The van der Waals surface area contributed by atoms with Gasteiger partial charge in [0.25, 0.3) is 0 Å². The Labute approximate surface area is 191 Å². The summed E-state index contributed by atoms with van der Waals surface area (Å²) in [5.41, 5.74) is 1.26. The van der Waals surface area contributed by atoms with Crippen LogP contribution in [0.1, 0.15) is 62.9 Å². The molecule has 32 heavy (non-hydrogen) atoms. The number of nitrogens with zero attached hydrogens (tertiary/aromatic N) is 4. The number of hydrogen-bond acceptors (Lipinski definition) is 5. The van der Waals surface area contributed by atoms with E-state index in [1.807, 2.05) is 0 Å². The average Bonchev–Trinajstić information content (AvgIpc) is 3.38. The molecule has 0 amide bonds. The molecule has 8 heteroatoms. The molecule has 1 aromatic carbocycles. The summed E-state index contributed by atoms with van der Waals surface area (Å²) in [4.78, 5) is 11.9. The van der Waals surface area contributed by atoms with Crippen molar-refractivity contribution >= 4 is 5.96 Å². The van der Waals surface area contributed by atoms with Gasteiger partial charge < -0.3 is 20.3 Å². The number of H-pyrrole nitrogens is 1. The summed E-state index contributed by atoms with van der Waals surface area (Å²) < 4.78 is 5.70. The largest absolute Gasteiger partial charge is 0.381 e. The van der Waals surface area contributed by atoms with Crippen molar-refractivity contribution in [3.8, 4) is 0 Å². The number of rotatable bonds is 7. The van der Waals surface area contributed by atoms with Gasteiger partial charge in [0.15, 0.2) is 5.96 Å². The number of ether oxygens (including phenoxy) is 1. The summed E-state index contributed by atoms with van der Waals surface area (Å²) in [6.07, 6.45) is 5.66. The number of aromatic amines is 1. The van der Waals surface area contributed by atoms with Gasteiger partial charge >= 0.3 is 0 Å². The van der Waals surface area contributed by atoms with Crippen molar-refractivity contribution in [1.82, 2.24) is 30.7 Å². The highest BCUT2D eigenvalue weighted by molar-refractivity contribution is 5.80. The van der Waals surface area contributed by atoms with E-state index in [0.29, 0.717) is 5.92 Å². The second kappa shape index (κ2) is 10.9. The van der Waals surface area contributed by atoms with Crippen molar-refractivity contribution in [3.63, 3.8) is 0 Å². The molecule has 4 rings (SSSR count). The number of hydrogen-bond donors (Lipinski definition) is 3. The molecule has 2 aromatic rings. The van der Waals surface area contributed by atoms with Crippen molar-refractivity contribution < 1.29 is 4.74 Å². The number of piperidine rings is 1. The molecule has 0 spiro atoms. The minimum absolute atomic E-state index is 0.0493. The van der Waals surface area contributed by atoms with Crippen LogP contribution in [0, 0.1) is 0 Å². The Morgan fingerprint density at radius 1 is 1.25 bits per heavy atom. The van der Waals surface area contributed by atoms with Crippen LogP contribution in [0.25, 0.3) is 0 Å². The van der Waals surface area contributed by atoms with Crippen LogP contribution in [-0.2, 0) is 4.74 Å². The van der Waals surface area contributed by atoms with E-state index in [1.165, 1.54) is 5.56 Å². The van der Waals surface area contributed by atoms with E-state index in [-0.39, 0.29) is 11.6 Å². The minimum Gasteiger partial charge on any atom is -0.381 e. The molecule has 3 heterocycles. The van der Waals surface area contributed by atoms with Crippen LogP contribution in [0.4, 0.5) is 0 Å². The first-order valence-electron chi connectivity index (χ1n) is 12.0. The molecule has 0 aliphatic carbocycles. The van der Waals surface area contributed by atoms with Gasteiger partial charge in [-0.1, -0.05) is 30.3 Å². The molecule has 2 aliphatic rings. The van der Waals surface area contributed by atoms with E-state index in [9.17, 15) is 0 Å². The Morgan fingerprint density at radius 2 is 2.00 bits per heavy atom. The molecule has 0 saturated carbocycles. The molecule has 2 saturated heterocycles. The van der Waals surface area contributed by atoms with E-state index in [1.54, 1.807) is 6.33 Å². The van der Waals surface area contributed by atoms with Crippen LogP contribution in [0.15, 0.2) is 41.7 Å². The van der Waals surface area contributed by atoms with E-state index < -0.39 is 0 Å². The topological polar surface area (TPSA) is 90.5 Å². The molecular weight excluding hydrogens is 402 g/mol. The van der Waals surface area contributed by atoms with Gasteiger partial charge in [0.1, 0.15) is 12.2 Å². The van der Waals surface area contributed by atoms with Crippen LogP contribution >= 0.6 is 0 Å². The summed E-state index contributed by atoms with van der Waals surface area (Å²) in [5, 5.41) is 14.5. The third kappa shape index (κ3) is 5.66. The maximum absolute atomic E-state index is 5.70. The lowest BCUT2D eigenvalue weighted by Crippen LogP contribution is -2.53. The monoisotopic (exact) mass is 439 g/mol. The van der Waals surface area contributed by atoms with E-state index >= 15 is 0 Å². The predicted octanol–water partition coefficient (Wildman–Crippen LogP) is 2.85.